The monoisotopic (exact) mass is 388 g/mol. The average molecular weight is 388 g/mol. The summed E-state index contributed by atoms with van der Waals surface area (Å²) in [5.74, 6) is 0.243. The van der Waals surface area contributed by atoms with E-state index in [2.05, 4.69) is 5.32 Å². The molecule has 28 heavy (non-hydrogen) atoms. The van der Waals surface area contributed by atoms with Crippen molar-refractivity contribution in [2.75, 3.05) is 32.8 Å². The maximum Gasteiger partial charge on any atom is 0.251 e. The van der Waals surface area contributed by atoms with E-state index in [1.807, 2.05) is 0 Å². The van der Waals surface area contributed by atoms with Gasteiger partial charge in [-0.05, 0) is 36.4 Å². The molecule has 7 nitrogen and oxygen atoms in total. The lowest BCUT2D eigenvalue weighted by Gasteiger charge is -2.18. The molecule has 0 spiro atoms. The summed E-state index contributed by atoms with van der Waals surface area (Å²) in [5.41, 5.74) is 0.915. The molecule has 2 amide bonds. The number of carbonyl (C=O) groups is 2. The molecular formula is C20H21FN2O5. The number of nitrogens with zero attached hydrogens (tertiary/aromatic N) is 1. The van der Waals surface area contributed by atoms with Crippen molar-refractivity contribution in [1.82, 2.24) is 5.32 Å². The zero-order valence-corrected chi connectivity index (χ0v) is 15.8. The number of hydrogen-bond donors (Lipinski definition) is 1. The van der Waals surface area contributed by atoms with E-state index >= 15 is 0 Å². The van der Waals surface area contributed by atoms with Crippen LogP contribution in [0, 0.1) is 5.82 Å². The number of anilines is 1. The SMILES string of the molecule is COc1cc(C(=O)N[C@@H]2CC(=O)N(c3ccc(F)cc3)C2)cc(OC)c1OC. The number of amides is 2. The van der Waals surface area contributed by atoms with Crippen molar-refractivity contribution >= 4 is 17.5 Å². The lowest BCUT2D eigenvalue weighted by Crippen LogP contribution is -2.37. The highest BCUT2D eigenvalue weighted by Crippen LogP contribution is 2.38. The van der Waals surface area contributed by atoms with E-state index in [1.165, 1.54) is 50.5 Å². The third-order valence-electron chi connectivity index (χ3n) is 4.53. The van der Waals surface area contributed by atoms with Gasteiger partial charge in [-0.1, -0.05) is 0 Å². The maximum absolute atomic E-state index is 13.1. The predicted octanol–water partition coefficient (Wildman–Crippen LogP) is 2.39. The van der Waals surface area contributed by atoms with Crippen LogP contribution in [0.1, 0.15) is 16.8 Å². The summed E-state index contributed by atoms with van der Waals surface area (Å²) in [7, 11) is 4.42. The number of ether oxygens (including phenoxy) is 3. The minimum atomic E-state index is -0.373. The Balaban J connectivity index is 1.75. The maximum atomic E-state index is 13.1. The molecule has 1 N–H and O–H groups in total. The van der Waals surface area contributed by atoms with Gasteiger partial charge in [0.05, 0.1) is 27.4 Å². The second-order valence-corrected chi connectivity index (χ2v) is 6.27. The molecular weight excluding hydrogens is 367 g/mol. The van der Waals surface area contributed by atoms with Gasteiger partial charge in [-0.3, -0.25) is 9.59 Å². The predicted molar refractivity (Wildman–Crippen MR) is 101 cm³/mol. The van der Waals surface area contributed by atoms with Gasteiger partial charge in [-0.15, -0.1) is 0 Å². The van der Waals surface area contributed by atoms with E-state index in [0.717, 1.165) is 0 Å². The van der Waals surface area contributed by atoms with Crippen molar-refractivity contribution in [2.24, 2.45) is 0 Å². The number of nitrogens with one attached hydrogen (secondary N) is 1. The molecule has 0 aliphatic carbocycles. The van der Waals surface area contributed by atoms with Crippen LogP contribution in [0.5, 0.6) is 17.2 Å². The number of methoxy groups -OCH3 is 3. The highest BCUT2D eigenvalue weighted by atomic mass is 19.1. The molecule has 2 aromatic rings. The van der Waals surface area contributed by atoms with Gasteiger partial charge in [0, 0.05) is 24.2 Å². The molecule has 1 fully saturated rings. The van der Waals surface area contributed by atoms with Crippen LogP contribution in [0.25, 0.3) is 0 Å². The molecule has 1 aliphatic rings. The quantitative estimate of drug-likeness (QED) is 0.822. The van der Waals surface area contributed by atoms with E-state index in [9.17, 15) is 14.0 Å². The Morgan fingerprint density at radius 1 is 1.07 bits per heavy atom. The normalized spacial score (nSPS) is 16.1. The first-order valence-electron chi connectivity index (χ1n) is 8.63. The lowest BCUT2D eigenvalue weighted by atomic mass is 10.1. The number of halogens is 1. The van der Waals surface area contributed by atoms with E-state index in [0.29, 0.717) is 35.0 Å². The van der Waals surface area contributed by atoms with Gasteiger partial charge in [0.2, 0.25) is 11.7 Å². The summed E-state index contributed by atoms with van der Waals surface area (Å²) in [6.45, 7) is 0.306. The van der Waals surface area contributed by atoms with Crippen molar-refractivity contribution in [3.8, 4) is 17.2 Å². The molecule has 0 radical (unpaired) electrons. The van der Waals surface area contributed by atoms with Crippen LogP contribution in [-0.4, -0.2) is 45.7 Å². The third kappa shape index (κ3) is 3.85. The molecule has 1 atom stereocenters. The summed E-state index contributed by atoms with van der Waals surface area (Å²) in [6.07, 6.45) is 0.160. The van der Waals surface area contributed by atoms with Crippen LogP contribution < -0.4 is 24.4 Å². The molecule has 1 aliphatic heterocycles. The Hall–Kier alpha value is -3.29. The summed E-state index contributed by atoms with van der Waals surface area (Å²) in [6, 6.07) is 8.39. The molecule has 1 heterocycles. The smallest absolute Gasteiger partial charge is 0.251 e. The molecule has 0 saturated carbocycles. The summed E-state index contributed by atoms with van der Waals surface area (Å²) in [4.78, 5) is 26.5. The zero-order valence-electron chi connectivity index (χ0n) is 15.8. The standard InChI is InChI=1S/C20H21FN2O5/c1-26-16-8-12(9-17(27-2)19(16)28-3)20(25)22-14-10-18(24)23(11-14)15-6-4-13(21)5-7-15/h4-9,14H,10-11H2,1-3H3,(H,22,25)/t14-/m1/s1. The van der Waals surface area contributed by atoms with Crippen molar-refractivity contribution in [3.63, 3.8) is 0 Å². The highest BCUT2D eigenvalue weighted by molar-refractivity contribution is 5.99. The number of hydrogen-bond acceptors (Lipinski definition) is 5. The minimum Gasteiger partial charge on any atom is -0.493 e. The van der Waals surface area contributed by atoms with Crippen LogP contribution in [0.2, 0.25) is 0 Å². The second-order valence-electron chi connectivity index (χ2n) is 6.27. The number of carbonyl (C=O) groups excluding carboxylic acids is 2. The van der Waals surface area contributed by atoms with Crippen LogP contribution in [-0.2, 0) is 4.79 Å². The molecule has 0 unspecified atom stereocenters. The van der Waals surface area contributed by atoms with Gasteiger partial charge >= 0.3 is 0 Å². The molecule has 0 bridgehead atoms. The molecule has 3 rings (SSSR count). The Labute approximate surface area is 162 Å². The minimum absolute atomic E-state index is 0.137. The molecule has 2 aromatic carbocycles. The van der Waals surface area contributed by atoms with Crippen LogP contribution in [0.3, 0.4) is 0 Å². The Morgan fingerprint density at radius 3 is 2.21 bits per heavy atom. The van der Waals surface area contributed by atoms with Gasteiger partial charge in [0.1, 0.15) is 5.82 Å². The van der Waals surface area contributed by atoms with Gasteiger partial charge in [-0.25, -0.2) is 4.39 Å². The van der Waals surface area contributed by atoms with Crippen LogP contribution in [0.15, 0.2) is 36.4 Å². The van der Waals surface area contributed by atoms with Gasteiger partial charge in [0.15, 0.2) is 11.5 Å². The van der Waals surface area contributed by atoms with E-state index < -0.39 is 0 Å². The highest BCUT2D eigenvalue weighted by Gasteiger charge is 2.32. The fourth-order valence-electron chi connectivity index (χ4n) is 3.16. The van der Waals surface area contributed by atoms with Crippen LogP contribution in [0.4, 0.5) is 10.1 Å². The second kappa shape index (κ2) is 8.16. The molecule has 0 aromatic heterocycles. The van der Waals surface area contributed by atoms with Crippen molar-refractivity contribution in [3.05, 3.63) is 47.8 Å². The van der Waals surface area contributed by atoms with E-state index in [-0.39, 0.29) is 30.1 Å². The topological polar surface area (TPSA) is 77.1 Å². The van der Waals surface area contributed by atoms with Gasteiger partial charge in [0.25, 0.3) is 5.91 Å². The Morgan fingerprint density at radius 2 is 1.68 bits per heavy atom. The zero-order chi connectivity index (χ0) is 20.3. The Kier molecular flexibility index (Phi) is 5.67. The summed E-state index contributed by atoms with van der Waals surface area (Å²) >= 11 is 0. The summed E-state index contributed by atoms with van der Waals surface area (Å²) < 4.78 is 28.9. The summed E-state index contributed by atoms with van der Waals surface area (Å²) in [5, 5.41) is 2.85. The van der Waals surface area contributed by atoms with Crippen LogP contribution >= 0.6 is 0 Å². The fourth-order valence-corrected chi connectivity index (χ4v) is 3.16. The Bertz CT molecular complexity index is 860. The first-order chi connectivity index (χ1) is 13.5. The molecule has 148 valence electrons. The number of rotatable bonds is 6. The van der Waals surface area contributed by atoms with E-state index in [1.54, 1.807) is 12.1 Å². The lowest BCUT2D eigenvalue weighted by molar-refractivity contribution is -0.117. The van der Waals surface area contributed by atoms with Crippen molar-refractivity contribution < 1.29 is 28.2 Å². The molecule has 8 heteroatoms. The fraction of sp³-hybridized carbons (Fsp3) is 0.300. The van der Waals surface area contributed by atoms with Gasteiger partial charge < -0.3 is 24.4 Å². The third-order valence-corrected chi connectivity index (χ3v) is 4.53. The largest absolute Gasteiger partial charge is 0.493 e. The molecule has 1 saturated heterocycles. The van der Waals surface area contributed by atoms with Crippen molar-refractivity contribution in [1.29, 1.82) is 0 Å². The average Bonchev–Trinajstić information content (AvgIpc) is 3.07. The first-order valence-corrected chi connectivity index (χ1v) is 8.63. The van der Waals surface area contributed by atoms with Gasteiger partial charge in [-0.2, -0.15) is 0 Å². The van der Waals surface area contributed by atoms with E-state index in [4.69, 9.17) is 14.2 Å². The first kappa shape index (κ1) is 19.5. The van der Waals surface area contributed by atoms with Crippen molar-refractivity contribution in [2.45, 2.75) is 12.5 Å². The number of benzene rings is 2.